The SMILES string of the molecule is O=C(CCCC(=O)OCCON1C(=O)CCC1=S)OCCON1C(=O)CCC1=S. The molecule has 160 valence electrons. The highest BCUT2D eigenvalue weighted by molar-refractivity contribution is 7.80. The van der Waals surface area contributed by atoms with Crippen molar-refractivity contribution in [2.24, 2.45) is 0 Å². The number of carbonyl (C=O) groups is 4. The average molecular weight is 447 g/mol. The predicted octanol–water partition coefficient (Wildman–Crippen LogP) is 1.01. The van der Waals surface area contributed by atoms with E-state index in [9.17, 15) is 19.2 Å². The predicted molar refractivity (Wildman–Crippen MR) is 105 cm³/mol. The molecule has 10 nitrogen and oxygen atoms in total. The molecule has 0 radical (unpaired) electrons. The molecule has 0 aromatic heterocycles. The van der Waals surface area contributed by atoms with Gasteiger partial charge in [-0.05, 0) is 6.42 Å². The zero-order chi connectivity index (χ0) is 21.2. The Balaban J connectivity index is 1.45. The van der Waals surface area contributed by atoms with Gasteiger partial charge in [-0.3, -0.25) is 28.9 Å². The van der Waals surface area contributed by atoms with Crippen LogP contribution in [0.5, 0.6) is 0 Å². The fraction of sp³-hybridized carbons (Fsp3) is 0.647. The number of hydroxylamine groups is 4. The Hall–Kier alpha value is -2.02. The van der Waals surface area contributed by atoms with Gasteiger partial charge in [-0.2, -0.15) is 10.1 Å². The Morgan fingerprint density at radius 1 is 0.724 bits per heavy atom. The molecule has 0 aliphatic carbocycles. The third-order valence-corrected chi connectivity index (χ3v) is 4.65. The monoisotopic (exact) mass is 446 g/mol. The number of ether oxygens (including phenoxy) is 2. The van der Waals surface area contributed by atoms with Crippen molar-refractivity contribution in [2.45, 2.75) is 44.9 Å². The van der Waals surface area contributed by atoms with Crippen molar-refractivity contribution in [3.63, 3.8) is 0 Å². The molecule has 2 aliphatic heterocycles. The van der Waals surface area contributed by atoms with E-state index in [-0.39, 0.29) is 57.5 Å². The molecule has 2 fully saturated rings. The number of carbonyl (C=O) groups excluding carboxylic acids is 4. The molecule has 0 saturated carbocycles. The standard InChI is InChI=1S/C17H22N2O8S2/c20-12-4-6-14(28)18(12)26-10-8-24-16(22)2-1-3-17(23)25-9-11-27-19-13(21)5-7-15(19)29/h1-11H2. The lowest BCUT2D eigenvalue weighted by atomic mass is 10.2. The summed E-state index contributed by atoms with van der Waals surface area (Å²) in [6.07, 6.45) is 1.98. The van der Waals surface area contributed by atoms with Crippen LogP contribution in [0.25, 0.3) is 0 Å². The highest BCUT2D eigenvalue weighted by Gasteiger charge is 2.27. The number of hydrogen-bond acceptors (Lipinski definition) is 10. The summed E-state index contributed by atoms with van der Waals surface area (Å²) >= 11 is 9.95. The number of hydrogen-bond donors (Lipinski definition) is 0. The summed E-state index contributed by atoms with van der Waals surface area (Å²) in [5.74, 6) is -1.39. The van der Waals surface area contributed by atoms with Crippen molar-refractivity contribution in [2.75, 3.05) is 26.4 Å². The molecule has 2 aliphatic rings. The van der Waals surface area contributed by atoms with Gasteiger partial charge in [-0.1, -0.05) is 24.4 Å². The van der Waals surface area contributed by atoms with E-state index in [0.717, 1.165) is 10.1 Å². The molecule has 2 amide bonds. The summed E-state index contributed by atoms with van der Waals surface area (Å²) in [6, 6.07) is 0. The molecule has 0 spiro atoms. The van der Waals surface area contributed by atoms with Crippen LogP contribution in [-0.2, 0) is 38.3 Å². The number of thiocarbonyl (C=S) groups is 2. The van der Waals surface area contributed by atoms with Gasteiger partial charge in [-0.15, -0.1) is 0 Å². The first-order valence-corrected chi connectivity index (χ1v) is 9.99. The van der Waals surface area contributed by atoms with Crippen LogP contribution in [0.2, 0.25) is 0 Å². The first-order valence-electron chi connectivity index (χ1n) is 9.17. The summed E-state index contributed by atoms with van der Waals surface area (Å²) < 4.78 is 9.93. The van der Waals surface area contributed by atoms with E-state index < -0.39 is 11.9 Å². The van der Waals surface area contributed by atoms with E-state index in [1.165, 1.54) is 0 Å². The molecule has 0 unspecified atom stereocenters. The van der Waals surface area contributed by atoms with Gasteiger partial charge in [0.2, 0.25) is 0 Å². The normalized spacial score (nSPS) is 16.7. The number of esters is 2. The average Bonchev–Trinajstić information content (AvgIpc) is 3.17. The summed E-state index contributed by atoms with van der Waals surface area (Å²) in [5.41, 5.74) is 0. The highest BCUT2D eigenvalue weighted by atomic mass is 32.1. The minimum Gasteiger partial charge on any atom is -0.463 e. The Morgan fingerprint density at radius 3 is 1.48 bits per heavy atom. The minimum atomic E-state index is -0.485. The molecule has 0 bridgehead atoms. The lowest BCUT2D eigenvalue weighted by molar-refractivity contribution is -0.166. The number of nitrogens with zero attached hydrogens (tertiary/aromatic N) is 2. The second kappa shape index (κ2) is 11.9. The molecule has 29 heavy (non-hydrogen) atoms. The molecule has 0 N–H and O–H groups in total. The smallest absolute Gasteiger partial charge is 0.305 e. The lowest BCUT2D eigenvalue weighted by Crippen LogP contribution is -2.30. The topological polar surface area (TPSA) is 112 Å². The number of rotatable bonds is 12. The van der Waals surface area contributed by atoms with E-state index in [1.54, 1.807) is 0 Å². The third-order valence-electron chi connectivity index (χ3n) is 3.91. The molecule has 2 rings (SSSR count). The molecule has 2 saturated heterocycles. The van der Waals surface area contributed by atoms with Crippen LogP contribution >= 0.6 is 24.4 Å². The van der Waals surface area contributed by atoms with Crippen LogP contribution in [0.1, 0.15) is 44.9 Å². The van der Waals surface area contributed by atoms with Crippen molar-refractivity contribution in [3.8, 4) is 0 Å². The minimum absolute atomic E-state index is 0.0165. The van der Waals surface area contributed by atoms with Gasteiger partial charge in [0.25, 0.3) is 11.8 Å². The highest BCUT2D eigenvalue weighted by Crippen LogP contribution is 2.14. The second-order valence-corrected chi connectivity index (χ2v) is 7.07. The number of amides is 2. The fourth-order valence-electron chi connectivity index (χ4n) is 2.49. The van der Waals surface area contributed by atoms with Gasteiger partial charge in [0, 0.05) is 38.5 Å². The summed E-state index contributed by atoms with van der Waals surface area (Å²) in [6.45, 7) is -0.0145. The Labute approximate surface area is 178 Å². The van der Waals surface area contributed by atoms with Gasteiger partial charge < -0.3 is 9.47 Å². The summed E-state index contributed by atoms with van der Waals surface area (Å²) in [7, 11) is 0. The van der Waals surface area contributed by atoms with Crippen LogP contribution in [-0.4, -0.2) is 70.3 Å². The van der Waals surface area contributed by atoms with Gasteiger partial charge in [0.05, 0.1) is 0 Å². The van der Waals surface area contributed by atoms with Crippen molar-refractivity contribution < 1.29 is 38.3 Å². The largest absolute Gasteiger partial charge is 0.463 e. The fourth-order valence-corrected chi connectivity index (χ4v) is 3.00. The van der Waals surface area contributed by atoms with Crippen molar-refractivity contribution in [1.29, 1.82) is 0 Å². The first-order chi connectivity index (χ1) is 13.9. The molecule has 0 aromatic carbocycles. The quantitative estimate of drug-likeness (QED) is 0.244. The molecule has 12 heteroatoms. The van der Waals surface area contributed by atoms with Crippen LogP contribution in [0.4, 0.5) is 0 Å². The molecule has 0 aromatic rings. The molecular weight excluding hydrogens is 424 g/mol. The Kier molecular flexibility index (Phi) is 9.51. The zero-order valence-electron chi connectivity index (χ0n) is 15.8. The van der Waals surface area contributed by atoms with E-state index in [2.05, 4.69) is 0 Å². The Morgan fingerprint density at radius 2 is 1.14 bits per heavy atom. The van der Waals surface area contributed by atoms with E-state index in [0.29, 0.717) is 35.7 Å². The lowest BCUT2D eigenvalue weighted by Gasteiger charge is -2.15. The van der Waals surface area contributed by atoms with Crippen LogP contribution in [0.15, 0.2) is 0 Å². The summed E-state index contributed by atoms with van der Waals surface area (Å²) in [4.78, 5) is 57.3. The van der Waals surface area contributed by atoms with Gasteiger partial charge >= 0.3 is 11.9 Å². The Bertz CT molecular complexity index is 596. The van der Waals surface area contributed by atoms with Gasteiger partial charge in [-0.25, -0.2) is 0 Å². The van der Waals surface area contributed by atoms with Crippen LogP contribution in [0, 0.1) is 0 Å². The van der Waals surface area contributed by atoms with Crippen molar-refractivity contribution in [3.05, 3.63) is 0 Å². The maximum absolute atomic E-state index is 11.6. The van der Waals surface area contributed by atoms with E-state index >= 15 is 0 Å². The molecular formula is C17H22N2O8S2. The third kappa shape index (κ3) is 7.72. The summed E-state index contributed by atoms with van der Waals surface area (Å²) in [5, 5.41) is 2.10. The maximum Gasteiger partial charge on any atom is 0.305 e. The van der Waals surface area contributed by atoms with Crippen LogP contribution < -0.4 is 0 Å². The molecule has 2 heterocycles. The second-order valence-electron chi connectivity index (χ2n) is 6.12. The van der Waals surface area contributed by atoms with Crippen molar-refractivity contribution >= 4 is 58.2 Å². The maximum atomic E-state index is 11.6. The first kappa shape index (κ1) is 23.3. The zero-order valence-corrected chi connectivity index (χ0v) is 17.4. The van der Waals surface area contributed by atoms with Crippen LogP contribution in [0.3, 0.4) is 0 Å². The van der Waals surface area contributed by atoms with Crippen molar-refractivity contribution in [1.82, 2.24) is 10.1 Å². The molecule has 0 atom stereocenters. The van der Waals surface area contributed by atoms with E-state index in [4.69, 9.17) is 43.6 Å². The van der Waals surface area contributed by atoms with E-state index in [1.807, 2.05) is 0 Å². The van der Waals surface area contributed by atoms with Gasteiger partial charge in [0.1, 0.15) is 36.4 Å². The van der Waals surface area contributed by atoms with Gasteiger partial charge in [0.15, 0.2) is 0 Å².